The molecule has 2 aromatic heterocycles. The summed E-state index contributed by atoms with van der Waals surface area (Å²) < 4.78 is 4.76. The van der Waals surface area contributed by atoms with Crippen LogP contribution >= 0.6 is 0 Å². The SMILES string of the molecule is CCOC(=O)c1cnc(NCCc2ccncc2)[nH]c1=O. The molecule has 2 heterocycles. The lowest BCUT2D eigenvalue weighted by Gasteiger charge is -2.06. The second-order valence-corrected chi connectivity index (χ2v) is 4.23. The normalized spacial score (nSPS) is 10.1. The third kappa shape index (κ3) is 4.13. The molecule has 0 saturated heterocycles. The molecule has 0 bridgehead atoms. The number of rotatable bonds is 6. The number of nitrogens with zero attached hydrogens (tertiary/aromatic N) is 2. The van der Waals surface area contributed by atoms with Crippen molar-refractivity contribution in [2.75, 3.05) is 18.5 Å². The van der Waals surface area contributed by atoms with E-state index in [1.807, 2.05) is 12.1 Å². The zero-order chi connectivity index (χ0) is 15.1. The minimum atomic E-state index is -0.672. The fourth-order valence-electron chi connectivity index (χ4n) is 1.71. The number of esters is 1. The third-order valence-corrected chi connectivity index (χ3v) is 2.75. The average molecular weight is 288 g/mol. The topological polar surface area (TPSA) is 97.0 Å². The Morgan fingerprint density at radius 1 is 1.38 bits per heavy atom. The standard InChI is InChI=1S/C14H16N4O3/c1-2-21-13(20)11-9-17-14(18-12(11)19)16-8-5-10-3-6-15-7-4-10/h3-4,6-7,9H,2,5,8H2,1H3,(H2,16,17,18,19). The Morgan fingerprint density at radius 3 is 2.81 bits per heavy atom. The molecule has 0 aliphatic heterocycles. The van der Waals surface area contributed by atoms with Gasteiger partial charge in [-0.2, -0.15) is 0 Å². The van der Waals surface area contributed by atoms with Crippen molar-refractivity contribution in [2.45, 2.75) is 13.3 Å². The lowest BCUT2D eigenvalue weighted by molar-refractivity contribution is 0.0524. The zero-order valence-electron chi connectivity index (χ0n) is 11.6. The molecule has 0 amide bonds. The van der Waals surface area contributed by atoms with E-state index in [0.717, 1.165) is 12.0 Å². The second kappa shape index (κ2) is 7.18. The van der Waals surface area contributed by atoms with Crippen LogP contribution in [0.15, 0.2) is 35.5 Å². The van der Waals surface area contributed by atoms with E-state index in [2.05, 4.69) is 20.3 Å². The number of aromatic nitrogens is 3. The summed E-state index contributed by atoms with van der Waals surface area (Å²) in [6.07, 6.45) is 5.44. The van der Waals surface area contributed by atoms with Crippen LogP contribution in [0, 0.1) is 0 Å². The van der Waals surface area contributed by atoms with Crippen LogP contribution in [-0.2, 0) is 11.2 Å². The first-order valence-electron chi connectivity index (χ1n) is 6.60. The van der Waals surface area contributed by atoms with Crippen LogP contribution in [0.4, 0.5) is 5.95 Å². The van der Waals surface area contributed by atoms with Crippen LogP contribution in [0.5, 0.6) is 0 Å². The van der Waals surface area contributed by atoms with Gasteiger partial charge in [0.15, 0.2) is 0 Å². The summed E-state index contributed by atoms with van der Waals surface area (Å²) >= 11 is 0. The Labute approximate surface area is 121 Å². The van der Waals surface area contributed by atoms with Gasteiger partial charge in [-0.1, -0.05) is 0 Å². The third-order valence-electron chi connectivity index (χ3n) is 2.75. The smallest absolute Gasteiger partial charge is 0.345 e. The fraction of sp³-hybridized carbons (Fsp3) is 0.286. The molecule has 0 fully saturated rings. The number of pyridine rings is 1. The van der Waals surface area contributed by atoms with E-state index >= 15 is 0 Å². The predicted octanol–water partition coefficient (Wildman–Crippen LogP) is 0.996. The lowest BCUT2D eigenvalue weighted by Crippen LogP contribution is -2.22. The molecule has 0 radical (unpaired) electrons. The highest BCUT2D eigenvalue weighted by Crippen LogP contribution is 2.00. The molecule has 7 heteroatoms. The molecule has 2 N–H and O–H groups in total. The maximum Gasteiger partial charge on any atom is 0.345 e. The van der Waals surface area contributed by atoms with Crippen molar-refractivity contribution in [3.8, 4) is 0 Å². The molecule has 0 saturated carbocycles. The van der Waals surface area contributed by atoms with E-state index in [0.29, 0.717) is 12.5 Å². The number of H-pyrrole nitrogens is 1. The summed E-state index contributed by atoms with van der Waals surface area (Å²) in [5, 5.41) is 2.99. The summed E-state index contributed by atoms with van der Waals surface area (Å²) in [6, 6.07) is 3.84. The van der Waals surface area contributed by atoms with E-state index in [-0.39, 0.29) is 12.2 Å². The zero-order valence-corrected chi connectivity index (χ0v) is 11.6. The first kappa shape index (κ1) is 14.7. The van der Waals surface area contributed by atoms with Crippen molar-refractivity contribution in [1.29, 1.82) is 0 Å². The fourth-order valence-corrected chi connectivity index (χ4v) is 1.71. The average Bonchev–Trinajstić information content (AvgIpc) is 2.48. The number of carbonyl (C=O) groups excluding carboxylic acids is 1. The van der Waals surface area contributed by atoms with E-state index in [1.54, 1.807) is 19.3 Å². The highest BCUT2D eigenvalue weighted by atomic mass is 16.5. The first-order chi connectivity index (χ1) is 10.2. The van der Waals surface area contributed by atoms with Crippen molar-refractivity contribution >= 4 is 11.9 Å². The Kier molecular flexibility index (Phi) is 5.03. The van der Waals surface area contributed by atoms with E-state index < -0.39 is 11.5 Å². The first-order valence-corrected chi connectivity index (χ1v) is 6.60. The Hall–Kier alpha value is -2.70. The minimum Gasteiger partial charge on any atom is -0.462 e. The Morgan fingerprint density at radius 2 is 2.14 bits per heavy atom. The number of nitrogens with one attached hydrogen (secondary N) is 2. The maximum absolute atomic E-state index is 11.7. The number of ether oxygens (including phenoxy) is 1. The number of carbonyl (C=O) groups is 1. The highest BCUT2D eigenvalue weighted by molar-refractivity contribution is 5.88. The maximum atomic E-state index is 11.7. The molecule has 0 spiro atoms. The number of anilines is 1. The van der Waals surface area contributed by atoms with Crippen LogP contribution in [0.2, 0.25) is 0 Å². The van der Waals surface area contributed by atoms with Crippen LogP contribution in [0.1, 0.15) is 22.8 Å². The van der Waals surface area contributed by atoms with Crippen LogP contribution < -0.4 is 10.9 Å². The van der Waals surface area contributed by atoms with Crippen LogP contribution in [0.25, 0.3) is 0 Å². The molecule has 2 rings (SSSR count). The van der Waals surface area contributed by atoms with Crippen molar-refractivity contribution in [2.24, 2.45) is 0 Å². The molecular weight excluding hydrogens is 272 g/mol. The molecule has 0 atom stereocenters. The monoisotopic (exact) mass is 288 g/mol. The molecule has 110 valence electrons. The minimum absolute atomic E-state index is 0.100. The van der Waals surface area contributed by atoms with Gasteiger partial charge in [0.25, 0.3) is 5.56 Å². The van der Waals surface area contributed by atoms with Crippen molar-refractivity contribution in [3.05, 3.63) is 52.2 Å². The molecular formula is C14H16N4O3. The number of aromatic amines is 1. The van der Waals surface area contributed by atoms with Crippen LogP contribution in [-0.4, -0.2) is 34.1 Å². The molecule has 2 aromatic rings. The Bertz CT molecular complexity index is 655. The summed E-state index contributed by atoms with van der Waals surface area (Å²) in [5.74, 6) is -0.350. The summed E-state index contributed by atoms with van der Waals surface area (Å²) in [4.78, 5) is 33.7. The van der Waals surface area contributed by atoms with E-state index in [4.69, 9.17) is 4.74 Å². The predicted molar refractivity (Wildman–Crippen MR) is 77.2 cm³/mol. The van der Waals surface area contributed by atoms with Crippen molar-refractivity contribution in [3.63, 3.8) is 0 Å². The molecule has 0 unspecified atom stereocenters. The molecule has 0 aromatic carbocycles. The van der Waals surface area contributed by atoms with Gasteiger partial charge in [0.2, 0.25) is 5.95 Å². The van der Waals surface area contributed by atoms with Gasteiger partial charge in [0.05, 0.1) is 12.8 Å². The lowest BCUT2D eigenvalue weighted by atomic mass is 10.2. The van der Waals surface area contributed by atoms with Crippen molar-refractivity contribution < 1.29 is 9.53 Å². The molecule has 21 heavy (non-hydrogen) atoms. The number of hydrogen-bond acceptors (Lipinski definition) is 6. The van der Waals surface area contributed by atoms with Gasteiger partial charge in [-0.3, -0.25) is 14.8 Å². The van der Waals surface area contributed by atoms with Crippen LogP contribution in [0.3, 0.4) is 0 Å². The largest absolute Gasteiger partial charge is 0.462 e. The molecule has 7 nitrogen and oxygen atoms in total. The summed E-state index contributed by atoms with van der Waals surface area (Å²) in [5.41, 5.74) is 0.509. The van der Waals surface area contributed by atoms with Gasteiger partial charge in [0.1, 0.15) is 5.56 Å². The van der Waals surface area contributed by atoms with E-state index in [1.165, 1.54) is 6.20 Å². The molecule has 0 aliphatic rings. The summed E-state index contributed by atoms with van der Waals surface area (Å²) in [7, 11) is 0. The van der Waals surface area contributed by atoms with Gasteiger partial charge in [-0.25, -0.2) is 9.78 Å². The number of hydrogen-bond donors (Lipinski definition) is 2. The van der Waals surface area contributed by atoms with Gasteiger partial charge in [-0.05, 0) is 31.0 Å². The van der Waals surface area contributed by atoms with E-state index in [9.17, 15) is 9.59 Å². The van der Waals surface area contributed by atoms with Gasteiger partial charge < -0.3 is 10.1 Å². The highest BCUT2D eigenvalue weighted by Gasteiger charge is 2.12. The Balaban J connectivity index is 1.94. The van der Waals surface area contributed by atoms with Crippen molar-refractivity contribution in [1.82, 2.24) is 15.0 Å². The van der Waals surface area contributed by atoms with Gasteiger partial charge in [0, 0.05) is 18.9 Å². The molecule has 0 aliphatic carbocycles. The van der Waals surface area contributed by atoms with Gasteiger partial charge in [-0.15, -0.1) is 0 Å². The quantitative estimate of drug-likeness (QED) is 0.770. The summed E-state index contributed by atoms with van der Waals surface area (Å²) in [6.45, 7) is 2.49. The van der Waals surface area contributed by atoms with Gasteiger partial charge >= 0.3 is 5.97 Å². The second-order valence-electron chi connectivity index (χ2n) is 4.23.